The Labute approximate surface area is 91.4 Å². The highest BCUT2D eigenvalue weighted by atomic mass is 127. The van der Waals surface area contributed by atoms with Crippen LogP contribution in [0.5, 0.6) is 5.75 Å². The van der Waals surface area contributed by atoms with Gasteiger partial charge in [0.25, 0.3) is 0 Å². The first kappa shape index (κ1) is 10.5. The predicted octanol–water partition coefficient (Wildman–Crippen LogP) is 2.70. The first-order chi connectivity index (χ1) is 6.15. The number of rotatable bonds is 3. The lowest BCUT2D eigenvalue weighted by molar-refractivity contribution is 0.0998. The molecule has 0 saturated carbocycles. The van der Waals surface area contributed by atoms with E-state index in [0.29, 0.717) is 0 Å². The topological polar surface area (TPSA) is 26.3 Å². The molecule has 0 bridgehead atoms. The van der Waals surface area contributed by atoms with Crippen molar-refractivity contribution in [3.63, 3.8) is 0 Å². The van der Waals surface area contributed by atoms with Gasteiger partial charge in [-0.15, -0.1) is 0 Å². The molecule has 1 unspecified atom stereocenters. The van der Waals surface area contributed by atoms with Crippen molar-refractivity contribution >= 4 is 28.4 Å². The summed E-state index contributed by atoms with van der Waals surface area (Å²) >= 11 is 2.11. The molecule has 1 rings (SSSR count). The second kappa shape index (κ2) is 4.60. The normalized spacial score (nSPS) is 12.2. The second-order valence-electron chi connectivity index (χ2n) is 2.71. The molecule has 0 N–H and O–H groups in total. The summed E-state index contributed by atoms with van der Waals surface area (Å²) in [7, 11) is 1.61. The van der Waals surface area contributed by atoms with E-state index in [1.54, 1.807) is 31.4 Å². The van der Waals surface area contributed by atoms with E-state index in [4.69, 9.17) is 4.74 Å². The van der Waals surface area contributed by atoms with E-state index in [0.717, 1.165) is 11.3 Å². The molecule has 0 fully saturated rings. The summed E-state index contributed by atoms with van der Waals surface area (Å²) in [4.78, 5) is 11.5. The molecule has 0 amide bonds. The summed E-state index contributed by atoms with van der Waals surface area (Å²) < 4.78 is 5.02. The Balaban J connectivity index is 2.86. The zero-order chi connectivity index (χ0) is 9.84. The Bertz CT molecular complexity index is 290. The molecule has 0 spiro atoms. The molecule has 0 heterocycles. The summed E-state index contributed by atoms with van der Waals surface area (Å²) in [5.41, 5.74) is 0.739. The minimum Gasteiger partial charge on any atom is -0.497 e. The van der Waals surface area contributed by atoms with Gasteiger partial charge in [-0.25, -0.2) is 0 Å². The number of carbonyl (C=O) groups excluding carboxylic acids is 1. The number of hydrogen-bond acceptors (Lipinski definition) is 2. The number of hydrogen-bond donors (Lipinski definition) is 0. The van der Waals surface area contributed by atoms with Crippen LogP contribution in [0.15, 0.2) is 24.3 Å². The number of methoxy groups -OCH3 is 1. The molecule has 0 aliphatic carbocycles. The van der Waals surface area contributed by atoms with Crippen LogP contribution in [0.3, 0.4) is 0 Å². The van der Waals surface area contributed by atoms with E-state index in [1.165, 1.54) is 0 Å². The lowest BCUT2D eigenvalue weighted by atomic mass is 10.1. The average Bonchev–Trinajstić information content (AvgIpc) is 2.17. The highest BCUT2D eigenvalue weighted by Gasteiger charge is 2.10. The molecule has 2 nitrogen and oxygen atoms in total. The van der Waals surface area contributed by atoms with E-state index in [9.17, 15) is 4.79 Å². The third-order valence-corrected chi connectivity index (χ3v) is 2.30. The van der Waals surface area contributed by atoms with Crippen LogP contribution in [-0.2, 0) is 0 Å². The van der Waals surface area contributed by atoms with Gasteiger partial charge in [-0.1, -0.05) is 22.6 Å². The van der Waals surface area contributed by atoms with Crippen molar-refractivity contribution in [2.24, 2.45) is 0 Å². The highest BCUT2D eigenvalue weighted by molar-refractivity contribution is 14.1. The van der Waals surface area contributed by atoms with Gasteiger partial charge in [0.1, 0.15) is 5.75 Å². The van der Waals surface area contributed by atoms with E-state index in [-0.39, 0.29) is 9.71 Å². The van der Waals surface area contributed by atoms with Gasteiger partial charge in [0.15, 0.2) is 5.78 Å². The zero-order valence-electron chi connectivity index (χ0n) is 7.58. The van der Waals surface area contributed by atoms with Crippen molar-refractivity contribution < 1.29 is 9.53 Å². The maximum absolute atomic E-state index is 11.5. The van der Waals surface area contributed by atoms with Gasteiger partial charge in [-0.2, -0.15) is 0 Å². The lowest BCUT2D eigenvalue weighted by Crippen LogP contribution is -2.09. The van der Waals surface area contributed by atoms with Crippen LogP contribution in [0, 0.1) is 0 Å². The number of ether oxygens (including phenoxy) is 1. The number of Topliss-reactive ketones (excluding diaryl/α,β-unsaturated/α-hetero) is 1. The molecular formula is C10H11IO2. The predicted molar refractivity (Wildman–Crippen MR) is 60.8 cm³/mol. The van der Waals surface area contributed by atoms with Gasteiger partial charge < -0.3 is 4.74 Å². The Morgan fingerprint density at radius 2 is 1.92 bits per heavy atom. The molecule has 0 aromatic heterocycles. The van der Waals surface area contributed by atoms with Gasteiger partial charge in [0.05, 0.1) is 11.0 Å². The molecular weight excluding hydrogens is 279 g/mol. The van der Waals surface area contributed by atoms with E-state index < -0.39 is 0 Å². The van der Waals surface area contributed by atoms with Crippen LogP contribution >= 0.6 is 22.6 Å². The second-order valence-corrected chi connectivity index (χ2v) is 4.58. The van der Waals surface area contributed by atoms with Crippen molar-refractivity contribution in [2.45, 2.75) is 10.8 Å². The molecule has 0 aliphatic rings. The number of alkyl halides is 1. The molecule has 1 atom stereocenters. The number of ketones is 1. The fourth-order valence-electron chi connectivity index (χ4n) is 0.985. The molecule has 1 aromatic rings. The summed E-state index contributed by atoms with van der Waals surface area (Å²) in [5, 5.41) is 0. The third kappa shape index (κ3) is 2.69. The van der Waals surface area contributed by atoms with Gasteiger partial charge in [0.2, 0.25) is 0 Å². The van der Waals surface area contributed by atoms with Crippen LogP contribution in [0.1, 0.15) is 17.3 Å². The first-order valence-electron chi connectivity index (χ1n) is 3.97. The van der Waals surface area contributed by atoms with Crippen molar-refractivity contribution in [3.05, 3.63) is 29.8 Å². The highest BCUT2D eigenvalue weighted by Crippen LogP contribution is 2.15. The maximum Gasteiger partial charge on any atom is 0.175 e. The van der Waals surface area contributed by atoms with Gasteiger partial charge in [-0.05, 0) is 31.2 Å². The SMILES string of the molecule is COc1ccc(C(=O)C(C)I)cc1. The molecule has 0 aliphatic heterocycles. The van der Waals surface area contributed by atoms with Crippen LogP contribution < -0.4 is 4.74 Å². The molecule has 3 heteroatoms. The summed E-state index contributed by atoms with van der Waals surface area (Å²) in [6.45, 7) is 1.88. The van der Waals surface area contributed by atoms with Gasteiger partial charge in [0, 0.05) is 5.56 Å². The van der Waals surface area contributed by atoms with Crippen LogP contribution in [0.4, 0.5) is 0 Å². The quantitative estimate of drug-likeness (QED) is 0.486. The first-order valence-corrected chi connectivity index (χ1v) is 5.22. The van der Waals surface area contributed by atoms with Crippen molar-refractivity contribution in [2.75, 3.05) is 7.11 Å². The Morgan fingerprint density at radius 1 is 1.38 bits per heavy atom. The van der Waals surface area contributed by atoms with Crippen LogP contribution in [0.25, 0.3) is 0 Å². The fraction of sp³-hybridized carbons (Fsp3) is 0.300. The van der Waals surface area contributed by atoms with Crippen molar-refractivity contribution in [1.29, 1.82) is 0 Å². The van der Waals surface area contributed by atoms with Crippen molar-refractivity contribution in [3.8, 4) is 5.75 Å². The largest absolute Gasteiger partial charge is 0.497 e. The fourth-order valence-corrected chi connectivity index (χ4v) is 1.34. The molecule has 1 aromatic carbocycles. The monoisotopic (exact) mass is 290 g/mol. The van der Waals surface area contributed by atoms with Crippen LogP contribution in [0.2, 0.25) is 0 Å². The summed E-state index contributed by atoms with van der Waals surface area (Å²) in [5.74, 6) is 0.931. The Morgan fingerprint density at radius 3 is 2.31 bits per heavy atom. The Hall–Kier alpha value is -0.580. The zero-order valence-corrected chi connectivity index (χ0v) is 9.74. The van der Waals surface area contributed by atoms with Crippen molar-refractivity contribution in [1.82, 2.24) is 0 Å². The number of benzene rings is 1. The molecule has 0 saturated heterocycles. The van der Waals surface area contributed by atoms with E-state index in [1.807, 2.05) is 6.92 Å². The van der Waals surface area contributed by atoms with Gasteiger partial charge in [-0.3, -0.25) is 4.79 Å². The number of carbonyl (C=O) groups is 1. The van der Waals surface area contributed by atoms with E-state index in [2.05, 4.69) is 22.6 Å². The minimum absolute atomic E-state index is 0.0194. The molecule has 13 heavy (non-hydrogen) atoms. The average molecular weight is 290 g/mol. The summed E-state index contributed by atoms with van der Waals surface area (Å²) in [6.07, 6.45) is 0. The number of halogens is 1. The minimum atomic E-state index is 0.0194. The smallest absolute Gasteiger partial charge is 0.175 e. The molecule has 70 valence electrons. The standard InChI is InChI=1S/C10H11IO2/c1-7(11)10(12)8-3-5-9(13-2)6-4-8/h3-7H,1-2H3. The third-order valence-electron chi connectivity index (χ3n) is 1.74. The summed E-state index contributed by atoms with van der Waals surface area (Å²) in [6, 6.07) is 7.17. The molecule has 0 radical (unpaired) electrons. The Kier molecular flexibility index (Phi) is 3.71. The lowest BCUT2D eigenvalue weighted by Gasteiger charge is -2.03. The van der Waals surface area contributed by atoms with Crippen LogP contribution in [-0.4, -0.2) is 16.8 Å². The maximum atomic E-state index is 11.5. The van der Waals surface area contributed by atoms with E-state index >= 15 is 0 Å². The van der Waals surface area contributed by atoms with Gasteiger partial charge >= 0.3 is 0 Å².